The third kappa shape index (κ3) is 5.66. The summed E-state index contributed by atoms with van der Waals surface area (Å²) in [6.45, 7) is 9.04. The highest BCUT2D eigenvalue weighted by Crippen LogP contribution is 2.46. The third-order valence-electron chi connectivity index (χ3n) is 9.40. The second-order valence-electron chi connectivity index (χ2n) is 11.4. The number of allylic oxidation sites excluding steroid dienone is 2. The van der Waals surface area contributed by atoms with E-state index in [9.17, 15) is 14.9 Å². The molecule has 3 N–H and O–H groups in total. The average molecular weight is 518 g/mol. The van der Waals surface area contributed by atoms with E-state index in [2.05, 4.69) is 60.1 Å². The fraction of sp³-hybridized carbons (Fsp3) is 0.581. The fourth-order valence-electron chi connectivity index (χ4n) is 6.45. The van der Waals surface area contributed by atoms with E-state index >= 15 is 0 Å². The zero-order valence-corrected chi connectivity index (χ0v) is 23.5. The second-order valence-corrected chi connectivity index (χ2v) is 11.4. The molecule has 0 aromatic heterocycles. The van der Waals surface area contributed by atoms with Crippen molar-refractivity contribution in [3.05, 3.63) is 47.2 Å². The van der Waals surface area contributed by atoms with Crippen LogP contribution in [0, 0.1) is 22.7 Å². The lowest BCUT2D eigenvalue weighted by Crippen LogP contribution is -2.48. The van der Waals surface area contributed by atoms with Gasteiger partial charge in [-0.2, -0.15) is 5.26 Å². The Morgan fingerprint density at radius 1 is 1.18 bits per heavy atom. The zero-order chi connectivity index (χ0) is 27.3. The molecular weight excluding hydrogens is 474 g/mol. The van der Waals surface area contributed by atoms with E-state index in [1.165, 1.54) is 24.0 Å². The van der Waals surface area contributed by atoms with Gasteiger partial charge < -0.3 is 20.9 Å². The van der Waals surface area contributed by atoms with Gasteiger partial charge in [0, 0.05) is 49.8 Å². The molecule has 1 unspecified atom stereocenters. The van der Waals surface area contributed by atoms with E-state index in [0.717, 1.165) is 63.0 Å². The topological polar surface area (TPSA) is 97.3 Å². The summed E-state index contributed by atoms with van der Waals surface area (Å²) in [5.41, 5.74) is 5.22. The number of carbonyl (C=O) groups excluding carboxylic acids is 2. The molecule has 0 radical (unpaired) electrons. The van der Waals surface area contributed by atoms with Crippen molar-refractivity contribution >= 4 is 23.1 Å². The maximum Gasteiger partial charge on any atom is 0.271 e. The smallest absolute Gasteiger partial charge is 0.271 e. The van der Waals surface area contributed by atoms with E-state index in [1.807, 2.05) is 11.9 Å². The molecule has 1 saturated heterocycles. The quantitative estimate of drug-likeness (QED) is 0.463. The summed E-state index contributed by atoms with van der Waals surface area (Å²) < 4.78 is 0. The molecular formula is C31H43N5O2. The van der Waals surface area contributed by atoms with Crippen molar-refractivity contribution in [2.45, 2.75) is 71.1 Å². The summed E-state index contributed by atoms with van der Waals surface area (Å²) in [5, 5.41) is 18.9. The second kappa shape index (κ2) is 11.7. The van der Waals surface area contributed by atoms with Crippen molar-refractivity contribution in [2.24, 2.45) is 11.3 Å². The minimum atomic E-state index is -0.280. The number of nitrogens with one attached hydrogen (secondary N) is 3. The van der Waals surface area contributed by atoms with Gasteiger partial charge in [0.1, 0.15) is 0 Å². The molecule has 7 heteroatoms. The van der Waals surface area contributed by atoms with E-state index in [4.69, 9.17) is 0 Å². The van der Waals surface area contributed by atoms with Crippen LogP contribution in [0.3, 0.4) is 0 Å². The minimum Gasteiger partial charge on any atom is -0.379 e. The lowest BCUT2D eigenvalue weighted by Gasteiger charge is -2.42. The number of likely N-dealkylation sites (N-methyl/N-ethyl adjacent to an activating group) is 1. The Kier molecular flexibility index (Phi) is 8.62. The fourth-order valence-corrected chi connectivity index (χ4v) is 6.45. The Labute approximate surface area is 227 Å². The first kappa shape index (κ1) is 27.9. The van der Waals surface area contributed by atoms with Crippen LogP contribution in [0.5, 0.6) is 0 Å². The van der Waals surface area contributed by atoms with Crippen molar-refractivity contribution in [1.29, 1.82) is 5.26 Å². The molecule has 38 heavy (non-hydrogen) atoms. The molecule has 1 aromatic carbocycles. The Bertz CT molecular complexity index is 1150. The number of carbonyl (C=O) groups is 2. The molecule has 1 atom stereocenters. The maximum atomic E-state index is 13.1. The van der Waals surface area contributed by atoms with Gasteiger partial charge in [0.15, 0.2) is 0 Å². The molecule has 0 spiro atoms. The van der Waals surface area contributed by atoms with Crippen LogP contribution in [0.25, 0.3) is 5.57 Å². The van der Waals surface area contributed by atoms with Crippen LogP contribution in [-0.4, -0.2) is 49.9 Å². The van der Waals surface area contributed by atoms with Gasteiger partial charge in [-0.15, -0.1) is 0 Å². The number of rotatable bonds is 8. The Hall–Kier alpha value is -3.11. The van der Waals surface area contributed by atoms with Gasteiger partial charge in [0.05, 0.1) is 17.7 Å². The summed E-state index contributed by atoms with van der Waals surface area (Å²) in [6, 6.07) is 8.70. The lowest BCUT2D eigenvalue weighted by atomic mass is 9.69. The van der Waals surface area contributed by atoms with Gasteiger partial charge in [-0.3, -0.25) is 9.59 Å². The van der Waals surface area contributed by atoms with Crippen LogP contribution in [-0.2, 0) is 15.0 Å². The van der Waals surface area contributed by atoms with Crippen LogP contribution in [0.4, 0.5) is 5.69 Å². The molecule has 2 aliphatic heterocycles. The monoisotopic (exact) mass is 517 g/mol. The Morgan fingerprint density at radius 2 is 1.92 bits per heavy atom. The SMILES string of the molecule is CCC1(CC)CC=C(c2cc(C3(CNC)CCN(C(C)=O)CC3)ccc2NC(=O)C2=CC(C#N)CN2)CC1. The van der Waals surface area contributed by atoms with E-state index < -0.39 is 0 Å². The number of piperidine rings is 1. The number of likely N-dealkylation sites (tertiary alicyclic amines) is 1. The van der Waals surface area contributed by atoms with E-state index in [0.29, 0.717) is 17.7 Å². The van der Waals surface area contributed by atoms with Gasteiger partial charge in [-0.05, 0) is 73.9 Å². The summed E-state index contributed by atoms with van der Waals surface area (Å²) in [7, 11) is 1.99. The Balaban J connectivity index is 1.70. The molecule has 1 fully saturated rings. The first-order valence-corrected chi connectivity index (χ1v) is 14.2. The molecule has 2 heterocycles. The molecule has 1 aromatic rings. The first-order valence-electron chi connectivity index (χ1n) is 14.2. The zero-order valence-electron chi connectivity index (χ0n) is 23.5. The van der Waals surface area contributed by atoms with Crippen LogP contribution >= 0.6 is 0 Å². The van der Waals surface area contributed by atoms with Crippen molar-refractivity contribution < 1.29 is 9.59 Å². The molecule has 0 bridgehead atoms. The molecule has 204 valence electrons. The van der Waals surface area contributed by atoms with Crippen LogP contribution in [0.15, 0.2) is 36.0 Å². The van der Waals surface area contributed by atoms with Crippen LogP contribution < -0.4 is 16.0 Å². The largest absolute Gasteiger partial charge is 0.379 e. The summed E-state index contributed by atoms with van der Waals surface area (Å²) in [6.07, 6.45) is 11.5. The number of amides is 2. The third-order valence-corrected chi connectivity index (χ3v) is 9.40. The standard InChI is InChI=1S/C31H43N5O2/c1-5-30(6-2)11-9-24(10-12-30)26-18-25(31(21-33-4)13-15-36(16-14-31)22(3)37)7-8-27(26)35-29(38)28-17-23(19-32)20-34-28/h7-9,17-18,23,33-34H,5-6,10-16,20-21H2,1-4H3,(H,35,38). The van der Waals surface area contributed by atoms with Crippen LogP contribution in [0.2, 0.25) is 0 Å². The van der Waals surface area contributed by atoms with Crippen molar-refractivity contribution in [1.82, 2.24) is 15.5 Å². The molecule has 7 nitrogen and oxygen atoms in total. The predicted molar refractivity (Wildman–Crippen MR) is 152 cm³/mol. The number of hydrogen-bond donors (Lipinski definition) is 3. The van der Waals surface area contributed by atoms with Crippen molar-refractivity contribution in [3.8, 4) is 6.07 Å². The van der Waals surface area contributed by atoms with Crippen molar-refractivity contribution in [3.63, 3.8) is 0 Å². The maximum absolute atomic E-state index is 13.1. The van der Waals surface area contributed by atoms with Gasteiger partial charge >= 0.3 is 0 Å². The minimum absolute atomic E-state index is 0.0701. The number of hydrogen-bond acceptors (Lipinski definition) is 5. The van der Waals surface area contributed by atoms with Gasteiger partial charge in [0.25, 0.3) is 5.91 Å². The average Bonchev–Trinajstić information content (AvgIpc) is 3.43. The molecule has 3 aliphatic rings. The summed E-state index contributed by atoms with van der Waals surface area (Å²) >= 11 is 0. The van der Waals surface area contributed by atoms with E-state index in [-0.39, 0.29) is 23.1 Å². The van der Waals surface area contributed by atoms with Gasteiger partial charge in [-0.25, -0.2) is 0 Å². The Morgan fingerprint density at radius 3 is 2.47 bits per heavy atom. The van der Waals surface area contributed by atoms with Crippen LogP contribution in [0.1, 0.15) is 76.8 Å². The molecule has 0 saturated carbocycles. The molecule has 4 rings (SSSR count). The summed E-state index contributed by atoms with van der Waals surface area (Å²) in [5.74, 6) is -0.348. The number of nitrogens with zero attached hydrogens (tertiary/aromatic N) is 2. The van der Waals surface area contributed by atoms with Gasteiger partial charge in [0.2, 0.25) is 5.91 Å². The number of benzene rings is 1. The highest BCUT2D eigenvalue weighted by molar-refractivity contribution is 6.05. The van der Waals surface area contributed by atoms with Crippen molar-refractivity contribution in [2.75, 3.05) is 38.5 Å². The predicted octanol–water partition coefficient (Wildman–Crippen LogP) is 4.73. The molecule has 2 amide bonds. The van der Waals surface area contributed by atoms with Gasteiger partial charge in [-0.1, -0.05) is 38.8 Å². The highest BCUT2D eigenvalue weighted by Gasteiger charge is 2.37. The molecule has 1 aliphatic carbocycles. The van der Waals surface area contributed by atoms with E-state index in [1.54, 1.807) is 13.0 Å². The normalized spacial score (nSPS) is 22.1. The first-order chi connectivity index (χ1) is 18.3. The number of nitriles is 1. The number of anilines is 1. The highest BCUT2D eigenvalue weighted by atomic mass is 16.2. The summed E-state index contributed by atoms with van der Waals surface area (Å²) in [4.78, 5) is 27.1. The lowest BCUT2D eigenvalue weighted by molar-refractivity contribution is -0.130.